The molecule has 1 nitrogen and oxygen atoms in total. The lowest BCUT2D eigenvalue weighted by Crippen LogP contribution is -2.19. The van der Waals surface area contributed by atoms with Gasteiger partial charge in [-0.05, 0) is 37.8 Å². The van der Waals surface area contributed by atoms with Crippen molar-refractivity contribution in [1.29, 1.82) is 0 Å². The highest BCUT2D eigenvalue weighted by atomic mass is 31.0. The Hall–Kier alpha value is -0.390. The summed E-state index contributed by atoms with van der Waals surface area (Å²) in [7, 11) is 7.01. The lowest BCUT2D eigenvalue weighted by molar-refractivity contribution is 0.383. The van der Waals surface area contributed by atoms with Gasteiger partial charge < -0.3 is 4.90 Å². The summed E-state index contributed by atoms with van der Waals surface area (Å²) in [5.41, 5.74) is 2.78. The average molecular weight is 209 g/mol. The Morgan fingerprint density at radius 2 is 1.93 bits per heavy atom. The zero-order valence-electron chi connectivity index (χ0n) is 9.54. The minimum atomic E-state index is 0.601. The highest BCUT2D eigenvalue weighted by Crippen LogP contribution is 2.16. The van der Waals surface area contributed by atoms with Gasteiger partial charge >= 0.3 is 0 Å². The van der Waals surface area contributed by atoms with E-state index in [0.29, 0.717) is 5.92 Å². The monoisotopic (exact) mass is 209 g/mol. The molecule has 0 fully saturated rings. The van der Waals surface area contributed by atoms with Crippen molar-refractivity contribution in [1.82, 2.24) is 4.90 Å². The van der Waals surface area contributed by atoms with Gasteiger partial charge in [-0.3, -0.25) is 0 Å². The lowest BCUT2D eigenvalue weighted by Gasteiger charge is -2.18. The van der Waals surface area contributed by atoms with E-state index in [1.54, 1.807) is 0 Å². The summed E-state index contributed by atoms with van der Waals surface area (Å²) in [4.78, 5) is 2.23. The molecule has 0 bridgehead atoms. The second-order valence-electron chi connectivity index (χ2n) is 4.34. The molecule has 0 saturated heterocycles. The van der Waals surface area contributed by atoms with Gasteiger partial charge in [-0.25, -0.2) is 0 Å². The van der Waals surface area contributed by atoms with Crippen molar-refractivity contribution in [3.63, 3.8) is 0 Å². The zero-order valence-corrected chi connectivity index (χ0v) is 10.7. The molecule has 1 aromatic rings. The molecule has 1 aromatic carbocycles. The number of likely N-dealkylation sites (N-methyl/N-ethyl adjacent to an activating group) is 1. The van der Waals surface area contributed by atoms with Gasteiger partial charge in [0.15, 0.2) is 0 Å². The van der Waals surface area contributed by atoms with Crippen molar-refractivity contribution < 1.29 is 0 Å². The maximum Gasteiger partial charge on any atom is 0.00415 e. The summed E-state index contributed by atoms with van der Waals surface area (Å²) in [6, 6.07) is 6.73. The second kappa shape index (κ2) is 4.91. The molecule has 0 N–H and O–H groups in total. The Labute approximate surface area is 89.7 Å². The molecular formula is C12H20NP. The Morgan fingerprint density at radius 1 is 1.29 bits per heavy atom. The zero-order chi connectivity index (χ0) is 10.7. The van der Waals surface area contributed by atoms with E-state index in [-0.39, 0.29) is 0 Å². The highest BCUT2D eigenvalue weighted by molar-refractivity contribution is 7.27. The van der Waals surface area contributed by atoms with Crippen LogP contribution in [0, 0.1) is 6.92 Å². The molecule has 2 atom stereocenters. The van der Waals surface area contributed by atoms with Crippen molar-refractivity contribution in [3.05, 3.63) is 29.3 Å². The van der Waals surface area contributed by atoms with Crippen LogP contribution in [0.3, 0.4) is 0 Å². The molecule has 2 unspecified atom stereocenters. The molecule has 0 heterocycles. The standard InChI is InChI=1S/C12H20NP/c1-9-5-11(7-12(14)6-9)10(2)8-13(3)4/h5-7,10H,8,14H2,1-4H3. The van der Waals surface area contributed by atoms with E-state index in [4.69, 9.17) is 0 Å². The summed E-state index contributed by atoms with van der Waals surface area (Å²) >= 11 is 0. The largest absolute Gasteiger partial charge is 0.309 e. The Balaban J connectivity index is 2.84. The molecule has 2 heteroatoms. The maximum atomic E-state index is 2.77. The van der Waals surface area contributed by atoms with Crippen molar-refractivity contribution in [2.24, 2.45) is 0 Å². The van der Waals surface area contributed by atoms with E-state index in [1.165, 1.54) is 16.4 Å². The fourth-order valence-corrected chi connectivity index (χ4v) is 2.24. The first-order chi connectivity index (χ1) is 6.49. The van der Waals surface area contributed by atoms with Crippen LogP contribution in [0.1, 0.15) is 24.0 Å². The summed E-state index contributed by atoms with van der Waals surface area (Å²) in [5.74, 6) is 0.601. The molecule has 0 aliphatic heterocycles. The quantitative estimate of drug-likeness (QED) is 0.689. The van der Waals surface area contributed by atoms with Crippen LogP contribution in [0.25, 0.3) is 0 Å². The number of nitrogens with zero attached hydrogens (tertiary/aromatic N) is 1. The predicted octanol–water partition coefficient (Wildman–Crippen LogP) is 2.16. The molecule has 0 saturated carbocycles. The molecular weight excluding hydrogens is 189 g/mol. The molecule has 0 aliphatic carbocycles. The Morgan fingerprint density at radius 3 is 2.43 bits per heavy atom. The van der Waals surface area contributed by atoms with Crippen molar-refractivity contribution in [2.75, 3.05) is 20.6 Å². The molecule has 0 aromatic heterocycles. The molecule has 14 heavy (non-hydrogen) atoms. The van der Waals surface area contributed by atoms with E-state index in [9.17, 15) is 0 Å². The summed E-state index contributed by atoms with van der Waals surface area (Å²) < 4.78 is 0. The molecule has 0 spiro atoms. The third-order valence-corrected chi connectivity index (χ3v) is 2.66. The van der Waals surface area contributed by atoms with Gasteiger partial charge in [-0.15, -0.1) is 9.24 Å². The first-order valence-electron chi connectivity index (χ1n) is 5.01. The van der Waals surface area contributed by atoms with Gasteiger partial charge in [0.2, 0.25) is 0 Å². The number of rotatable bonds is 3. The van der Waals surface area contributed by atoms with Gasteiger partial charge in [0.05, 0.1) is 0 Å². The fourth-order valence-electron chi connectivity index (χ4n) is 1.78. The van der Waals surface area contributed by atoms with Crippen molar-refractivity contribution >= 4 is 14.5 Å². The molecule has 0 radical (unpaired) electrons. The molecule has 0 amide bonds. The van der Waals surface area contributed by atoms with E-state index >= 15 is 0 Å². The van der Waals surface area contributed by atoms with Crippen LogP contribution in [-0.4, -0.2) is 25.5 Å². The minimum absolute atomic E-state index is 0.601. The topological polar surface area (TPSA) is 3.24 Å². The highest BCUT2D eigenvalue weighted by Gasteiger charge is 2.07. The molecule has 0 aliphatic rings. The van der Waals surface area contributed by atoms with Crippen LogP contribution < -0.4 is 5.30 Å². The van der Waals surface area contributed by atoms with E-state index in [2.05, 4.69) is 60.3 Å². The predicted molar refractivity (Wildman–Crippen MR) is 67.5 cm³/mol. The van der Waals surface area contributed by atoms with Crippen LogP contribution in [0.5, 0.6) is 0 Å². The molecule has 1 rings (SSSR count). The van der Waals surface area contributed by atoms with Gasteiger partial charge in [0, 0.05) is 6.54 Å². The van der Waals surface area contributed by atoms with Crippen molar-refractivity contribution in [2.45, 2.75) is 19.8 Å². The smallest absolute Gasteiger partial charge is 0.00415 e. The Kier molecular flexibility index (Phi) is 4.10. The first kappa shape index (κ1) is 11.7. The maximum absolute atomic E-state index is 2.77. The molecule has 78 valence electrons. The Bertz CT molecular complexity index is 287. The van der Waals surface area contributed by atoms with E-state index in [1.807, 2.05) is 0 Å². The van der Waals surface area contributed by atoms with E-state index in [0.717, 1.165) is 6.54 Å². The third kappa shape index (κ3) is 3.40. The van der Waals surface area contributed by atoms with E-state index < -0.39 is 0 Å². The number of aryl methyl sites for hydroxylation is 1. The lowest BCUT2D eigenvalue weighted by atomic mass is 9.99. The average Bonchev–Trinajstić information content (AvgIpc) is 2.00. The van der Waals surface area contributed by atoms with Gasteiger partial charge in [0.25, 0.3) is 0 Å². The normalized spacial score (nSPS) is 13.3. The van der Waals surface area contributed by atoms with Crippen LogP contribution >= 0.6 is 9.24 Å². The second-order valence-corrected chi connectivity index (χ2v) is 5.01. The van der Waals surface area contributed by atoms with Crippen LogP contribution in [0.2, 0.25) is 0 Å². The van der Waals surface area contributed by atoms with Crippen LogP contribution in [0.15, 0.2) is 18.2 Å². The van der Waals surface area contributed by atoms with Crippen molar-refractivity contribution in [3.8, 4) is 0 Å². The number of hydrogen-bond acceptors (Lipinski definition) is 1. The fraction of sp³-hybridized carbons (Fsp3) is 0.500. The number of hydrogen-bond donors (Lipinski definition) is 0. The summed E-state index contributed by atoms with van der Waals surface area (Å²) in [6.07, 6.45) is 0. The minimum Gasteiger partial charge on any atom is -0.309 e. The van der Waals surface area contributed by atoms with Crippen LogP contribution in [-0.2, 0) is 0 Å². The number of benzene rings is 1. The SMILES string of the molecule is Cc1cc(P)cc(C(C)CN(C)C)c1. The van der Waals surface area contributed by atoms with Gasteiger partial charge in [-0.2, -0.15) is 0 Å². The first-order valence-corrected chi connectivity index (χ1v) is 5.58. The van der Waals surface area contributed by atoms with Gasteiger partial charge in [-0.1, -0.05) is 30.7 Å². The third-order valence-electron chi connectivity index (χ3n) is 2.33. The van der Waals surface area contributed by atoms with Gasteiger partial charge in [0.1, 0.15) is 0 Å². The van der Waals surface area contributed by atoms with Crippen LogP contribution in [0.4, 0.5) is 0 Å². The summed E-state index contributed by atoms with van der Waals surface area (Å²) in [5, 5.41) is 1.28. The summed E-state index contributed by atoms with van der Waals surface area (Å²) in [6.45, 7) is 5.53.